The number of benzene rings is 2. The monoisotopic (exact) mass is 391 g/mol. The molecule has 0 aliphatic carbocycles. The first-order chi connectivity index (χ1) is 13.8. The van der Waals surface area contributed by atoms with Crippen molar-refractivity contribution in [3.63, 3.8) is 0 Å². The molecule has 150 valence electrons. The van der Waals surface area contributed by atoms with Crippen LogP contribution in [0.3, 0.4) is 0 Å². The number of carboxylic acid groups (broad SMARTS) is 1. The number of rotatable bonds is 6. The zero-order valence-corrected chi connectivity index (χ0v) is 17.1. The highest BCUT2D eigenvalue weighted by Gasteiger charge is 2.19. The SMILES string of the molecule is CCN(c1nc(C(=O)Nc2cccc(C(=O)O)c2C)cc2ccccc12)C(C)C. The van der Waals surface area contributed by atoms with Crippen LogP contribution >= 0.6 is 0 Å². The van der Waals surface area contributed by atoms with Crippen molar-refractivity contribution in [1.29, 1.82) is 0 Å². The van der Waals surface area contributed by atoms with Crippen molar-refractivity contribution in [2.24, 2.45) is 0 Å². The zero-order valence-electron chi connectivity index (χ0n) is 17.1. The molecule has 0 unspecified atom stereocenters. The summed E-state index contributed by atoms with van der Waals surface area (Å²) in [6, 6.07) is 14.7. The minimum atomic E-state index is -1.03. The minimum absolute atomic E-state index is 0.159. The molecule has 0 fully saturated rings. The van der Waals surface area contributed by atoms with Gasteiger partial charge in [0.25, 0.3) is 5.91 Å². The number of nitrogens with one attached hydrogen (secondary N) is 1. The van der Waals surface area contributed by atoms with Crippen LogP contribution < -0.4 is 10.2 Å². The fraction of sp³-hybridized carbons (Fsp3) is 0.261. The molecule has 0 spiro atoms. The Hall–Kier alpha value is -3.41. The van der Waals surface area contributed by atoms with Gasteiger partial charge in [-0.15, -0.1) is 0 Å². The Bertz CT molecular complexity index is 1080. The average Bonchev–Trinajstić information content (AvgIpc) is 2.69. The Morgan fingerprint density at radius 1 is 1.14 bits per heavy atom. The molecular formula is C23H25N3O3. The lowest BCUT2D eigenvalue weighted by atomic mass is 10.1. The number of fused-ring (bicyclic) bond motifs is 1. The van der Waals surface area contributed by atoms with Gasteiger partial charge in [-0.1, -0.05) is 30.3 Å². The summed E-state index contributed by atoms with van der Waals surface area (Å²) in [5.41, 5.74) is 1.42. The molecule has 6 nitrogen and oxygen atoms in total. The number of aromatic carboxylic acids is 1. The maximum absolute atomic E-state index is 13.0. The maximum Gasteiger partial charge on any atom is 0.336 e. The summed E-state index contributed by atoms with van der Waals surface area (Å²) < 4.78 is 0. The third-order valence-electron chi connectivity index (χ3n) is 5.00. The summed E-state index contributed by atoms with van der Waals surface area (Å²) in [4.78, 5) is 31.2. The normalized spacial score (nSPS) is 10.9. The van der Waals surface area contributed by atoms with E-state index < -0.39 is 5.97 Å². The lowest BCUT2D eigenvalue weighted by molar-refractivity contribution is 0.0695. The third-order valence-corrected chi connectivity index (χ3v) is 5.00. The van der Waals surface area contributed by atoms with Crippen LogP contribution in [0.2, 0.25) is 0 Å². The molecule has 0 atom stereocenters. The number of carbonyl (C=O) groups excluding carboxylic acids is 1. The molecule has 6 heteroatoms. The summed E-state index contributed by atoms with van der Waals surface area (Å²) in [6.07, 6.45) is 0. The number of anilines is 2. The molecule has 0 saturated carbocycles. The molecular weight excluding hydrogens is 366 g/mol. The number of nitrogens with zero attached hydrogens (tertiary/aromatic N) is 2. The van der Waals surface area contributed by atoms with E-state index in [-0.39, 0.29) is 23.2 Å². The number of aromatic nitrogens is 1. The third kappa shape index (κ3) is 4.06. The van der Waals surface area contributed by atoms with Crippen molar-refractivity contribution in [3.8, 4) is 0 Å². The highest BCUT2D eigenvalue weighted by atomic mass is 16.4. The first kappa shape index (κ1) is 20.3. The van der Waals surface area contributed by atoms with E-state index in [4.69, 9.17) is 0 Å². The van der Waals surface area contributed by atoms with Crippen LogP contribution in [0.5, 0.6) is 0 Å². The van der Waals surface area contributed by atoms with Crippen molar-refractivity contribution in [1.82, 2.24) is 4.98 Å². The fourth-order valence-electron chi connectivity index (χ4n) is 3.46. The van der Waals surface area contributed by atoms with E-state index in [9.17, 15) is 14.7 Å². The summed E-state index contributed by atoms with van der Waals surface area (Å²) in [6.45, 7) is 8.68. The number of pyridine rings is 1. The second-order valence-electron chi connectivity index (χ2n) is 7.17. The summed E-state index contributed by atoms with van der Waals surface area (Å²) >= 11 is 0. The van der Waals surface area contributed by atoms with Crippen molar-refractivity contribution in [3.05, 3.63) is 65.4 Å². The molecule has 29 heavy (non-hydrogen) atoms. The van der Waals surface area contributed by atoms with Gasteiger partial charge in [0.1, 0.15) is 11.5 Å². The second kappa shape index (κ2) is 8.31. The van der Waals surface area contributed by atoms with Gasteiger partial charge in [-0.3, -0.25) is 4.79 Å². The van der Waals surface area contributed by atoms with E-state index in [0.29, 0.717) is 11.3 Å². The standard InChI is InChI=1S/C23H25N3O3/c1-5-26(14(2)3)21-18-10-7-6-9-16(18)13-20(24-21)22(27)25-19-12-8-11-17(15(19)4)23(28)29/h6-14H,5H2,1-4H3,(H,25,27)(H,28,29). The quantitative estimate of drug-likeness (QED) is 0.635. The van der Waals surface area contributed by atoms with E-state index >= 15 is 0 Å². The number of amides is 1. The lowest BCUT2D eigenvalue weighted by Crippen LogP contribution is -2.32. The van der Waals surface area contributed by atoms with E-state index in [1.165, 1.54) is 6.07 Å². The fourth-order valence-corrected chi connectivity index (χ4v) is 3.46. The maximum atomic E-state index is 13.0. The van der Waals surface area contributed by atoms with Gasteiger partial charge in [0.2, 0.25) is 0 Å². The zero-order chi connectivity index (χ0) is 21.1. The number of carboxylic acids is 1. The molecule has 3 aromatic rings. The summed E-state index contributed by atoms with van der Waals surface area (Å²) in [7, 11) is 0. The van der Waals surface area contributed by atoms with Crippen molar-refractivity contribution >= 4 is 34.2 Å². The molecule has 0 radical (unpaired) electrons. The van der Waals surface area contributed by atoms with Crippen LogP contribution in [-0.2, 0) is 0 Å². The summed E-state index contributed by atoms with van der Waals surface area (Å²) in [5.74, 6) is -0.635. The first-order valence-corrected chi connectivity index (χ1v) is 9.64. The number of hydrogen-bond acceptors (Lipinski definition) is 4. The molecule has 1 heterocycles. The van der Waals surface area contributed by atoms with Crippen LogP contribution in [-0.4, -0.2) is 34.6 Å². The van der Waals surface area contributed by atoms with E-state index in [0.717, 1.165) is 23.1 Å². The first-order valence-electron chi connectivity index (χ1n) is 9.64. The average molecular weight is 391 g/mol. The van der Waals surface area contributed by atoms with Crippen molar-refractivity contribution in [2.45, 2.75) is 33.7 Å². The van der Waals surface area contributed by atoms with Crippen molar-refractivity contribution in [2.75, 3.05) is 16.8 Å². The van der Waals surface area contributed by atoms with E-state index in [2.05, 4.69) is 36.0 Å². The van der Waals surface area contributed by atoms with Gasteiger partial charge in [0.05, 0.1) is 5.56 Å². The second-order valence-corrected chi connectivity index (χ2v) is 7.17. The molecule has 3 rings (SSSR count). The highest BCUT2D eigenvalue weighted by Crippen LogP contribution is 2.28. The molecule has 1 aromatic heterocycles. The van der Waals surface area contributed by atoms with Gasteiger partial charge >= 0.3 is 5.97 Å². The highest BCUT2D eigenvalue weighted by molar-refractivity contribution is 6.07. The van der Waals surface area contributed by atoms with Crippen molar-refractivity contribution < 1.29 is 14.7 Å². The number of hydrogen-bond donors (Lipinski definition) is 2. The van der Waals surface area contributed by atoms with Crippen LogP contribution in [0.15, 0.2) is 48.5 Å². The van der Waals surface area contributed by atoms with Crippen LogP contribution in [0.4, 0.5) is 11.5 Å². The molecule has 2 aromatic carbocycles. The molecule has 0 aliphatic rings. The largest absolute Gasteiger partial charge is 0.478 e. The molecule has 0 aliphatic heterocycles. The molecule has 0 bridgehead atoms. The topological polar surface area (TPSA) is 82.5 Å². The predicted molar refractivity (Wildman–Crippen MR) is 116 cm³/mol. The molecule has 2 N–H and O–H groups in total. The molecule has 1 amide bonds. The smallest absolute Gasteiger partial charge is 0.336 e. The van der Waals surface area contributed by atoms with Gasteiger partial charge < -0.3 is 15.3 Å². The Labute approximate surface area is 170 Å². The van der Waals surface area contributed by atoms with Crippen LogP contribution in [0.1, 0.15) is 47.2 Å². The van der Waals surface area contributed by atoms with Gasteiger partial charge in [0, 0.05) is 23.7 Å². The van der Waals surface area contributed by atoms with Gasteiger partial charge in [-0.25, -0.2) is 9.78 Å². The Balaban J connectivity index is 2.05. The molecule has 0 saturated heterocycles. The Morgan fingerprint density at radius 2 is 1.86 bits per heavy atom. The minimum Gasteiger partial charge on any atom is -0.478 e. The van der Waals surface area contributed by atoms with Gasteiger partial charge in [0.15, 0.2) is 0 Å². The van der Waals surface area contributed by atoms with Gasteiger partial charge in [-0.05, 0) is 56.8 Å². The predicted octanol–water partition coefficient (Wildman–Crippen LogP) is 4.73. The lowest BCUT2D eigenvalue weighted by Gasteiger charge is -2.28. The van der Waals surface area contributed by atoms with E-state index in [1.54, 1.807) is 25.1 Å². The van der Waals surface area contributed by atoms with E-state index in [1.807, 2.05) is 24.3 Å². The Kier molecular flexibility index (Phi) is 5.82. The summed E-state index contributed by atoms with van der Waals surface area (Å²) in [5, 5.41) is 14.0. The Morgan fingerprint density at radius 3 is 2.52 bits per heavy atom. The van der Waals surface area contributed by atoms with Crippen LogP contribution in [0.25, 0.3) is 10.8 Å². The van der Waals surface area contributed by atoms with Gasteiger partial charge in [-0.2, -0.15) is 0 Å². The van der Waals surface area contributed by atoms with Crippen LogP contribution in [0, 0.1) is 6.92 Å². The number of carbonyl (C=O) groups is 2.